The molecule has 24 valence electrons. The summed E-state index contributed by atoms with van der Waals surface area (Å²) >= 11 is 0. The van der Waals surface area contributed by atoms with Crippen molar-refractivity contribution in [3.63, 3.8) is 0 Å². The van der Waals surface area contributed by atoms with Gasteiger partial charge in [-0.3, -0.25) is 0 Å². The van der Waals surface area contributed by atoms with Crippen LogP contribution in [0.1, 0.15) is 5.71 Å². The van der Waals surface area contributed by atoms with Crippen molar-refractivity contribution in [1.82, 2.24) is 0 Å². The van der Waals surface area contributed by atoms with Crippen molar-refractivity contribution >= 4 is 96.7 Å². The fourth-order valence-corrected chi connectivity index (χ4v) is 0. The minimum absolute atomic E-state index is 0. The second-order valence-electron chi connectivity index (χ2n) is 0. The molecular weight excluding hydrogens is 233 g/mol. The van der Waals surface area contributed by atoms with Gasteiger partial charge in [-0.2, -0.15) is 0 Å². The first-order chi connectivity index (χ1) is 0. The summed E-state index contributed by atoms with van der Waals surface area (Å²) in [6, 6.07) is 0. The van der Waals surface area contributed by atoms with Crippen molar-refractivity contribution in [3.8, 4) is 0 Å². The van der Waals surface area contributed by atoms with Gasteiger partial charge in [-0.15, -0.1) is 24.8 Å². The summed E-state index contributed by atoms with van der Waals surface area (Å²) in [7, 11) is 0. The maximum absolute atomic E-state index is 0. The molecule has 0 aliphatic rings. The normalized spacial score (nSPS) is 0. The first-order valence-electron chi connectivity index (χ1n) is 0. The van der Waals surface area contributed by atoms with Gasteiger partial charge < -0.3 is 5.71 Å². The summed E-state index contributed by atoms with van der Waals surface area (Å²) in [5.41, 5.74) is 0. The molecule has 0 spiro atoms. The first-order valence-corrected chi connectivity index (χ1v) is 0. The molecule has 0 unspecified atom stereocenters. The summed E-state index contributed by atoms with van der Waals surface area (Å²) in [6.45, 7) is 0. The van der Waals surface area contributed by atoms with Crippen molar-refractivity contribution in [2.45, 2.75) is 0 Å². The topological polar surface area (TPSA) is 0 Å². The first kappa shape index (κ1) is 28.5. The van der Waals surface area contributed by atoms with E-state index in [1.807, 2.05) is 0 Å². The van der Waals surface area contributed by atoms with Gasteiger partial charge in [0.05, 0.1) is 0 Å². The maximum Gasteiger partial charge on any atom is 2.00 e. The fraction of sp³-hybridized carbons (Fsp3) is 0. The van der Waals surface area contributed by atoms with E-state index in [2.05, 4.69) is 0 Å². The molecule has 0 bridgehead atoms. The Morgan fingerprint density at radius 1 is 1.00 bits per heavy atom. The van der Waals surface area contributed by atoms with E-state index in [9.17, 15) is 0 Å². The summed E-state index contributed by atoms with van der Waals surface area (Å²) in [6.07, 6.45) is 0. The molecule has 0 atom stereocenters. The standard InChI is InChI=1S/Ba.2ClH.Mg.4H/h;2*1H;;;;;/q+2;;;+2;4*-1. The molecule has 0 saturated carbocycles. The third-order valence-corrected chi connectivity index (χ3v) is 0. The van der Waals surface area contributed by atoms with Crippen LogP contribution in [0.3, 0.4) is 0 Å². The third-order valence-electron chi connectivity index (χ3n) is 0. The Labute approximate surface area is 100 Å². The largest absolute Gasteiger partial charge is 2.00 e. The molecule has 0 aromatic rings. The predicted octanol–water partition coefficient (Wildman–Crippen LogP) is 0.532. The number of rotatable bonds is 0. The Morgan fingerprint density at radius 2 is 1.00 bits per heavy atom. The molecule has 0 fully saturated rings. The van der Waals surface area contributed by atoms with Crippen molar-refractivity contribution < 1.29 is 5.71 Å². The summed E-state index contributed by atoms with van der Waals surface area (Å²) in [5.74, 6) is 0. The molecule has 0 heterocycles. The average Bonchev–Trinajstić information content (AvgIpc) is 0. The van der Waals surface area contributed by atoms with Gasteiger partial charge in [0.15, 0.2) is 0 Å². The minimum Gasteiger partial charge on any atom is -1.00 e. The molecule has 0 N–H and O–H groups in total. The zero-order valence-corrected chi connectivity index (χ0v) is 9.72. The number of hydrogen-bond donors (Lipinski definition) is 0. The van der Waals surface area contributed by atoms with E-state index in [1.165, 1.54) is 0 Å². The molecule has 0 aliphatic heterocycles. The van der Waals surface area contributed by atoms with Crippen LogP contribution in [-0.4, -0.2) is 71.9 Å². The molecule has 0 saturated heterocycles. The van der Waals surface area contributed by atoms with Gasteiger partial charge in [0.25, 0.3) is 0 Å². The van der Waals surface area contributed by atoms with Crippen molar-refractivity contribution in [3.05, 3.63) is 0 Å². The van der Waals surface area contributed by atoms with Gasteiger partial charge in [-0.1, -0.05) is 0 Å². The van der Waals surface area contributed by atoms with Gasteiger partial charge in [-0.25, -0.2) is 0 Å². The molecule has 0 amide bonds. The molecular formula is H6BaCl2Mg. The van der Waals surface area contributed by atoms with Crippen molar-refractivity contribution in [2.75, 3.05) is 0 Å². The Kier molecular flexibility index (Phi) is 120. The van der Waals surface area contributed by atoms with Gasteiger partial charge >= 0.3 is 71.9 Å². The molecule has 0 aromatic carbocycles. The summed E-state index contributed by atoms with van der Waals surface area (Å²) in [5, 5.41) is 0. The molecule has 0 nitrogen and oxygen atoms in total. The second-order valence-corrected chi connectivity index (χ2v) is 0. The SMILES string of the molecule is Cl.Cl.[Ba+2].[H-].[H-].[H-].[H-].[Mg+2]. The van der Waals surface area contributed by atoms with Crippen LogP contribution in [0.5, 0.6) is 0 Å². The van der Waals surface area contributed by atoms with Crippen LogP contribution in [0.2, 0.25) is 0 Å². The van der Waals surface area contributed by atoms with Gasteiger partial charge in [0, 0.05) is 0 Å². The molecule has 4 heteroatoms. The number of hydrogen-bond acceptors (Lipinski definition) is 0. The van der Waals surface area contributed by atoms with Crippen LogP contribution in [0.25, 0.3) is 0 Å². The van der Waals surface area contributed by atoms with Crippen LogP contribution in [0.4, 0.5) is 0 Å². The maximum atomic E-state index is 0. The molecule has 4 heavy (non-hydrogen) atoms. The average molecular weight is 239 g/mol. The van der Waals surface area contributed by atoms with Gasteiger partial charge in [0.1, 0.15) is 0 Å². The van der Waals surface area contributed by atoms with Gasteiger partial charge in [-0.05, 0) is 0 Å². The molecule has 0 radical (unpaired) electrons. The van der Waals surface area contributed by atoms with Crippen LogP contribution < -0.4 is 0 Å². The van der Waals surface area contributed by atoms with E-state index in [-0.39, 0.29) is 102 Å². The van der Waals surface area contributed by atoms with E-state index < -0.39 is 0 Å². The summed E-state index contributed by atoms with van der Waals surface area (Å²) in [4.78, 5) is 0. The Bertz CT molecular complexity index is 14.0. The number of halogens is 2. The smallest absolute Gasteiger partial charge is 1.00 e. The second kappa shape index (κ2) is 16.8. The Hall–Kier alpha value is 2.92. The molecule has 0 aromatic heterocycles. The van der Waals surface area contributed by atoms with Crippen molar-refractivity contribution in [1.29, 1.82) is 0 Å². The molecule has 0 aliphatic carbocycles. The van der Waals surface area contributed by atoms with E-state index >= 15 is 0 Å². The zero-order chi connectivity index (χ0) is 0. The van der Waals surface area contributed by atoms with Crippen LogP contribution >= 0.6 is 24.8 Å². The Morgan fingerprint density at radius 3 is 1.00 bits per heavy atom. The fourth-order valence-electron chi connectivity index (χ4n) is 0. The minimum atomic E-state index is 0. The van der Waals surface area contributed by atoms with Crippen LogP contribution in [-0.2, 0) is 0 Å². The summed E-state index contributed by atoms with van der Waals surface area (Å²) < 4.78 is 0. The van der Waals surface area contributed by atoms with E-state index in [0.29, 0.717) is 0 Å². The van der Waals surface area contributed by atoms with E-state index in [4.69, 9.17) is 0 Å². The monoisotopic (exact) mass is 238 g/mol. The quantitative estimate of drug-likeness (QED) is 0.540. The Balaban J connectivity index is 0. The van der Waals surface area contributed by atoms with E-state index in [1.54, 1.807) is 0 Å². The van der Waals surface area contributed by atoms with Crippen LogP contribution in [0, 0.1) is 0 Å². The van der Waals surface area contributed by atoms with Crippen molar-refractivity contribution in [2.24, 2.45) is 0 Å². The third kappa shape index (κ3) is 8.87. The van der Waals surface area contributed by atoms with Crippen LogP contribution in [0.15, 0.2) is 0 Å². The predicted molar refractivity (Wildman–Crippen MR) is 30.5 cm³/mol. The van der Waals surface area contributed by atoms with E-state index in [0.717, 1.165) is 0 Å². The molecule has 0 rings (SSSR count). The van der Waals surface area contributed by atoms with Gasteiger partial charge in [0.2, 0.25) is 0 Å². The zero-order valence-electron chi connectivity index (χ0n) is 6.23.